The number of rotatable bonds is 6. The number of hydrogen-bond acceptors (Lipinski definition) is 4. The zero-order valence-corrected chi connectivity index (χ0v) is 13.5. The van der Waals surface area contributed by atoms with Crippen LogP contribution >= 0.6 is 11.8 Å². The Balaban J connectivity index is 2.58. The van der Waals surface area contributed by atoms with Crippen molar-refractivity contribution < 1.29 is 9.90 Å². The van der Waals surface area contributed by atoms with Crippen molar-refractivity contribution in [2.75, 3.05) is 5.75 Å². The van der Waals surface area contributed by atoms with Crippen molar-refractivity contribution in [1.82, 2.24) is 4.98 Å². The van der Waals surface area contributed by atoms with Gasteiger partial charge in [-0.3, -0.25) is 4.98 Å². The lowest BCUT2D eigenvalue weighted by Gasteiger charge is -2.15. The summed E-state index contributed by atoms with van der Waals surface area (Å²) in [6.45, 7) is 6.20. The molecule has 0 unspecified atom stereocenters. The van der Waals surface area contributed by atoms with E-state index >= 15 is 0 Å². The van der Waals surface area contributed by atoms with Gasteiger partial charge in [0.1, 0.15) is 0 Å². The molecule has 21 heavy (non-hydrogen) atoms. The summed E-state index contributed by atoms with van der Waals surface area (Å²) in [6, 6.07) is 6.13. The summed E-state index contributed by atoms with van der Waals surface area (Å²) in [7, 11) is 0. The number of hydrogen-bond donors (Lipinski definition) is 0. The van der Waals surface area contributed by atoms with Crippen LogP contribution in [0.2, 0.25) is 0 Å². The molecule has 2 aromatic rings. The van der Waals surface area contributed by atoms with Gasteiger partial charge in [0.05, 0.1) is 11.5 Å². The Morgan fingerprint density at radius 1 is 1.33 bits per heavy atom. The summed E-state index contributed by atoms with van der Waals surface area (Å²) < 4.78 is 0. The van der Waals surface area contributed by atoms with E-state index in [-0.39, 0.29) is 5.75 Å². The molecule has 0 fully saturated rings. The molecule has 0 radical (unpaired) electrons. The average Bonchev–Trinajstić information content (AvgIpc) is 2.43. The Bertz CT molecular complexity index is 667. The normalized spacial score (nSPS) is 11.0. The number of pyridine rings is 1. The topological polar surface area (TPSA) is 53.0 Å². The van der Waals surface area contributed by atoms with E-state index < -0.39 is 5.97 Å². The number of carboxylic acids is 1. The van der Waals surface area contributed by atoms with Crippen LogP contribution in [0.15, 0.2) is 23.1 Å². The van der Waals surface area contributed by atoms with Gasteiger partial charge in [0, 0.05) is 21.7 Å². The molecule has 3 nitrogen and oxygen atoms in total. The molecule has 0 saturated heterocycles. The van der Waals surface area contributed by atoms with Gasteiger partial charge in [-0.1, -0.05) is 25.0 Å². The maximum Gasteiger partial charge on any atom is 0.0716 e. The molecular formula is C17H20NO2S-. The van der Waals surface area contributed by atoms with Crippen LogP contribution in [0.1, 0.15) is 36.6 Å². The van der Waals surface area contributed by atoms with Gasteiger partial charge in [0.2, 0.25) is 0 Å². The van der Waals surface area contributed by atoms with Crippen LogP contribution in [0.5, 0.6) is 0 Å². The number of aromatic nitrogens is 1. The number of carbonyl (C=O) groups excluding carboxylic acids is 1. The lowest BCUT2D eigenvalue weighted by Crippen LogP contribution is -2.24. The minimum atomic E-state index is -1.03. The van der Waals surface area contributed by atoms with Gasteiger partial charge in [-0.2, -0.15) is 0 Å². The Morgan fingerprint density at radius 2 is 2.10 bits per heavy atom. The second-order valence-corrected chi connectivity index (χ2v) is 6.28. The number of aryl methyl sites for hydroxylation is 2. The molecule has 0 amide bonds. The lowest BCUT2D eigenvalue weighted by molar-refractivity contribution is -0.301. The SMILES string of the molecule is CCCCc1c(C)nc2ccc(C)cc2c1SCC(=O)[O-]. The molecule has 0 atom stereocenters. The fourth-order valence-electron chi connectivity index (χ4n) is 2.45. The molecule has 0 bridgehead atoms. The predicted molar refractivity (Wildman–Crippen MR) is 85.6 cm³/mol. The first-order valence-corrected chi connectivity index (χ1v) is 8.24. The fraction of sp³-hybridized carbons (Fsp3) is 0.412. The van der Waals surface area contributed by atoms with E-state index in [0.717, 1.165) is 46.3 Å². The first-order valence-electron chi connectivity index (χ1n) is 7.25. The zero-order chi connectivity index (χ0) is 15.4. The number of carboxylic acid groups (broad SMARTS) is 1. The molecule has 1 aromatic carbocycles. The molecule has 0 aliphatic heterocycles. The van der Waals surface area contributed by atoms with Gasteiger partial charge in [0.15, 0.2) is 0 Å². The number of thioether (sulfide) groups is 1. The third-order valence-electron chi connectivity index (χ3n) is 3.51. The Labute approximate surface area is 129 Å². The highest BCUT2D eigenvalue weighted by atomic mass is 32.2. The first kappa shape index (κ1) is 15.8. The number of carbonyl (C=O) groups is 1. The lowest BCUT2D eigenvalue weighted by atomic mass is 10.0. The van der Waals surface area contributed by atoms with E-state index in [9.17, 15) is 9.90 Å². The van der Waals surface area contributed by atoms with Gasteiger partial charge in [-0.05, 0) is 44.4 Å². The summed E-state index contributed by atoms with van der Waals surface area (Å²) in [5.41, 5.74) is 4.27. The van der Waals surface area contributed by atoms with Crippen molar-refractivity contribution in [2.24, 2.45) is 0 Å². The molecule has 0 spiro atoms. The van der Waals surface area contributed by atoms with Crippen LogP contribution in [-0.4, -0.2) is 16.7 Å². The largest absolute Gasteiger partial charge is 0.549 e. The van der Waals surface area contributed by atoms with Crippen molar-refractivity contribution in [3.8, 4) is 0 Å². The Kier molecular flexibility index (Phi) is 5.23. The van der Waals surface area contributed by atoms with E-state index in [1.54, 1.807) is 0 Å². The van der Waals surface area contributed by atoms with E-state index in [4.69, 9.17) is 0 Å². The van der Waals surface area contributed by atoms with Gasteiger partial charge in [-0.25, -0.2) is 0 Å². The molecule has 0 N–H and O–H groups in total. The minimum absolute atomic E-state index is 0.0222. The highest BCUT2D eigenvalue weighted by Gasteiger charge is 2.13. The first-order chi connectivity index (χ1) is 10.0. The smallest absolute Gasteiger partial charge is 0.0716 e. The van der Waals surface area contributed by atoms with Gasteiger partial charge >= 0.3 is 0 Å². The zero-order valence-electron chi connectivity index (χ0n) is 12.7. The summed E-state index contributed by atoms with van der Waals surface area (Å²) in [5, 5.41) is 11.9. The minimum Gasteiger partial charge on any atom is -0.549 e. The maximum absolute atomic E-state index is 10.8. The number of benzene rings is 1. The Hall–Kier alpha value is -1.55. The van der Waals surface area contributed by atoms with E-state index in [1.165, 1.54) is 17.3 Å². The quantitative estimate of drug-likeness (QED) is 0.770. The second-order valence-electron chi connectivity index (χ2n) is 5.29. The van der Waals surface area contributed by atoms with Gasteiger partial charge < -0.3 is 9.90 Å². The molecule has 4 heteroatoms. The summed E-state index contributed by atoms with van der Waals surface area (Å²) in [6.07, 6.45) is 3.13. The number of unbranched alkanes of at least 4 members (excludes halogenated alkanes) is 1. The van der Waals surface area contributed by atoms with Crippen molar-refractivity contribution in [3.63, 3.8) is 0 Å². The van der Waals surface area contributed by atoms with E-state index in [0.29, 0.717) is 0 Å². The molecule has 0 aliphatic rings. The molecule has 0 aliphatic carbocycles. The van der Waals surface area contributed by atoms with Crippen LogP contribution in [0, 0.1) is 13.8 Å². The van der Waals surface area contributed by atoms with Gasteiger partial charge in [0.25, 0.3) is 0 Å². The van der Waals surface area contributed by atoms with Crippen LogP contribution in [0.3, 0.4) is 0 Å². The molecule has 1 aromatic heterocycles. The number of aliphatic carboxylic acids is 1. The number of fused-ring (bicyclic) bond motifs is 1. The highest BCUT2D eigenvalue weighted by molar-refractivity contribution is 8.00. The standard InChI is InChI=1S/C17H21NO2S/c1-4-5-6-13-12(3)18-15-8-7-11(2)9-14(15)17(13)21-10-16(19)20/h7-9H,4-6,10H2,1-3H3,(H,19,20)/p-1. The predicted octanol–water partition coefficient (Wildman–Crippen LogP) is 3.04. The maximum atomic E-state index is 10.8. The third kappa shape index (κ3) is 3.76. The second kappa shape index (κ2) is 6.94. The van der Waals surface area contributed by atoms with Crippen LogP contribution < -0.4 is 5.11 Å². The van der Waals surface area contributed by atoms with Crippen molar-refractivity contribution in [3.05, 3.63) is 35.0 Å². The summed E-state index contributed by atoms with van der Waals surface area (Å²) >= 11 is 1.36. The van der Waals surface area contributed by atoms with Crippen LogP contribution in [0.25, 0.3) is 10.9 Å². The van der Waals surface area contributed by atoms with Crippen molar-refractivity contribution in [1.29, 1.82) is 0 Å². The highest BCUT2D eigenvalue weighted by Crippen LogP contribution is 2.33. The summed E-state index contributed by atoms with van der Waals surface area (Å²) in [5.74, 6) is -1.05. The molecule has 2 rings (SSSR count). The van der Waals surface area contributed by atoms with Crippen LogP contribution in [0.4, 0.5) is 0 Å². The molecule has 1 heterocycles. The van der Waals surface area contributed by atoms with Crippen molar-refractivity contribution in [2.45, 2.75) is 44.9 Å². The third-order valence-corrected chi connectivity index (χ3v) is 4.65. The molecular weight excluding hydrogens is 282 g/mol. The van der Waals surface area contributed by atoms with Gasteiger partial charge in [-0.15, -0.1) is 11.8 Å². The van der Waals surface area contributed by atoms with Crippen LogP contribution in [-0.2, 0) is 11.2 Å². The number of nitrogens with zero attached hydrogens (tertiary/aromatic N) is 1. The van der Waals surface area contributed by atoms with E-state index in [2.05, 4.69) is 18.0 Å². The van der Waals surface area contributed by atoms with E-state index in [1.807, 2.05) is 26.0 Å². The fourth-order valence-corrected chi connectivity index (χ4v) is 3.45. The molecule has 112 valence electrons. The summed E-state index contributed by atoms with van der Waals surface area (Å²) in [4.78, 5) is 16.6. The average molecular weight is 302 g/mol. The monoisotopic (exact) mass is 302 g/mol. The molecule has 0 saturated carbocycles. The Morgan fingerprint density at radius 3 is 2.76 bits per heavy atom. The van der Waals surface area contributed by atoms with Crippen molar-refractivity contribution >= 4 is 28.6 Å².